The summed E-state index contributed by atoms with van der Waals surface area (Å²) in [6, 6.07) is 7.27. The second kappa shape index (κ2) is 8.68. The maximum Gasteiger partial charge on any atom is 0.263 e. The van der Waals surface area contributed by atoms with Crippen molar-refractivity contribution in [1.82, 2.24) is 14.9 Å². The maximum absolute atomic E-state index is 12.9. The molecular formula is C20H22ClN3O2S2. The third kappa shape index (κ3) is 4.26. The topological polar surface area (TPSA) is 64.0 Å². The van der Waals surface area contributed by atoms with E-state index in [-0.39, 0.29) is 23.3 Å². The monoisotopic (exact) mass is 435 g/mol. The van der Waals surface area contributed by atoms with Crippen LogP contribution < -0.4 is 10.9 Å². The zero-order valence-corrected chi connectivity index (χ0v) is 18.6. The summed E-state index contributed by atoms with van der Waals surface area (Å²) in [6.45, 7) is 8.30. The van der Waals surface area contributed by atoms with Crippen molar-refractivity contribution in [3.8, 4) is 0 Å². The number of hydrogen-bond donors (Lipinski definition) is 1. The van der Waals surface area contributed by atoms with Crippen LogP contribution in [0.2, 0.25) is 5.02 Å². The number of nitrogens with one attached hydrogen (secondary N) is 1. The number of benzene rings is 1. The normalized spacial score (nSPS) is 12.3. The van der Waals surface area contributed by atoms with Crippen molar-refractivity contribution in [2.45, 2.75) is 45.4 Å². The number of thioether (sulfide) groups is 1. The Balaban J connectivity index is 1.74. The van der Waals surface area contributed by atoms with E-state index >= 15 is 0 Å². The molecule has 0 aliphatic heterocycles. The highest BCUT2D eigenvalue weighted by molar-refractivity contribution is 7.99. The minimum atomic E-state index is -0.128. The van der Waals surface area contributed by atoms with E-state index in [4.69, 9.17) is 11.6 Å². The number of aromatic nitrogens is 2. The SMILES string of the molecule is CCn1c(SCC(=O)NC(C)c2ccc(Cl)cc2)nc2sc(C)c(C)c2c1=O. The Kier molecular flexibility index (Phi) is 6.47. The van der Waals surface area contributed by atoms with Gasteiger partial charge in [0, 0.05) is 16.4 Å². The van der Waals surface area contributed by atoms with Crippen molar-refractivity contribution >= 4 is 50.8 Å². The fraction of sp³-hybridized carbons (Fsp3) is 0.350. The summed E-state index contributed by atoms with van der Waals surface area (Å²) in [5.74, 6) is 0.0853. The molecule has 2 heterocycles. The molecule has 3 rings (SSSR count). The number of thiophene rings is 1. The quantitative estimate of drug-likeness (QED) is 0.449. The van der Waals surface area contributed by atoms with Gasteiger partial charge in [-0.2, -0.15) is 0 Å². The van der Waals surface area contributed by atoms with E-state index in [2.05, 4.69) is 10.3 Å². The van der Waals surface area contributed by atoms with Crippen LogP contribution in [0.25, 0.3) is 10.2 Å². The molecule has 28 heavy (non-hydrogen) atoms. The van der Waals surface area contributed by atoms with Crippen molar-refractivity contribution in [1.29, 1.82) is 0 Å². The maximum atomic E-state index is 12.9. The van der Waals surface area contributed by atoms with Crippen molar-refractivity contribution in [3.63, 3.8) is 0 Å². The molecule has 1 amide bonds. The first-order valence-electron chi connectivity index (χ1n) is 9.00. The summed E-state index contributed by atoms with van der Waals surface area (Å²) in [5, 5.41) is 4.90. The molecule has 1 atom stereocenters. The van der Waals surface area contributed by atoms with E-state index in [1.807, 2.05) is 39.8 Å². The van der Waals surface area contributed by atoms with Gasteiger partial charge in [0.15, 0.2) is 5.16 Å². The third-order valence-electron chi connectivity index (χ3n) is 4.65. The largest absolute Gasteiger partial charge is 0.349 e. The average molecular weight is 436 g/mol. The number of halogens is 1. The molecule has 1 aromatic carbocycles. The molecule has 1 unspecified atom stereocenters. The highest BCUT2D eigenvalue weighted by atomic mass is 35.5. The standard InChI is InChI=1S/C20H22ClN3O2S2/c1-5-24-19(26)17-11(2)13(4)28-18(17)23-20(24)27-10-16(25)22-12(3)14-6-8-15(21)9-7-14/h6-9,12H,5,10H2,1-4H3,(H,22,25). The second-order valence-corrected chi connectivity index (χ2v) is 9.12. The summed E-state index contributed by atoms with van der Waals surface area (Å²) in [5.41, 5.74) is 1.94. The van der Waals surface area contributed by atoms with E-state index < -0.39 is 0 Å². The third-order valence-corrected chi connectivity index (χ3v) is 6.98. The van der Waals surface area contributed by atoms with Gasteiger partial charge in [-0.15, -0.1) is 11.3 Å². The van der Waals surface area contributed by atoms with Crippen molar-refractivity contribution < 1.29 is 4.79 Å². The molecule has 0 radical (unpaired) electrons. The number of nitrogens with zero attached hydrogens (tertiary/aromatic N) is 2. The van der Waals surface area contributed by atoms with Crippen LogP contribution in [-0.2, 0) is 11.3 Å². The Labute approximate surface area is 177 Å². The Hall–Kier alpha value is -1.83. The van der Waals surface area contributed by atoms with Crippen LogP contribution in [0.1, 0.15) is 35.9 Å². The lowest BCUT2D eigenvalue weighted by molar-refractivity contribution is -0.119. The molecular weight excluding hydrogens is 414 g/mol. The first kappa shape index (κ1) is 20.9. The fourth-order valence-electron chi connectivity index (χ4n) is 2.95. The van der Waals surface area contributed by atoms with Gasteiger partial charge in [0.25, 0.3) is 5.56 Å². The second-order valence-electron chi connectivity index (χ2n) is 6.54. The Morgan fingerprint density at radius 3 is 2.64 bits per heavy atom. The van der Waals surface area contributed by atoms with Gasteiger partial charge in [-0.3, -0.25) is 14.2 Å². The number of carbonyl (C=O) groups is 1. The Bertz CT molecular complexity index is 1070. The summed E-state index contributed by atoms with van der Waals surface area (Å²) < 4.78 is 1.64. The smallest absolute Gasteiger partial charge is 0.263 e. The fourth-order valence-corrected chi connectivity index (χ4v) is 5.02. The summed E-state index contributed by atoms with van der Waals surface area (Å²) in [4.78, 5) is 31.7. The molecule has 1 N–H and O–H groups in total. The molecule has 0 aliphatic carbocycles. The number of rotatable bonds is 6. The average Bonchev–Trinajstić information content (AvgIpc) is 2.94. The lowest BCUT2D eigenvalue weighted by atomic mass is 10.1. The van der Waals surface area contributed by atoms with Gasteiger partial charge in [-0.25, -0.2) is 4.98 Å². The summed E-state index contributed by atoms with van der Waals surface area (Å²) in [7, 11) is 0. The molecule has 8 heteroatoms. The van der Waals surface area contributed by atoms with Crippen LogP contribution in [0.4, 0.5) is 0 Å². The Morgan fingerprint density at radius 2 is 2.00 bits per heavy atom. The zero-order valence-electron chi connectivity index (χ0n) is 16.2. The lowest BCUT2D eigenvalue weighted by Crippen LogP contribution is -2.29. The molecule has 0 fully saturated rings. The number of amides is 1. The molecule has 0 bridgehead atoms. The molecule has 148 valence electrons. The zero-order chi connectivity index (χ0) is 20.4. The van der Waals surface area contributed by atoms with Crippen LogP contribution in [0, 0.1) is 13.8 Å². The predicted octanol–water partition coefficient (Wildman–Crippen LogP) is 4.72. The minimum Gasteiger partial charge on any atom is -0.349 e. The molecule has 0 saturated heterocycles. The van der Waals surface area contributed by atoms with Gasteiger partial charge >= 0.3 is 0 Å². The highest BCUT2D eigenvalue weighted by Gasteiger charge is 2.17. The summed E-state index contributed by atoms with van der Waals surface area (Å²) in [6.07, 6.45) is 0. The van der Waals surface area contributed by atoms with Crippen molar-refractivity contribution in [2.75, 3.05) is 5.75 Å². The van der Waals surface area contributed by atoms with Gasteiger partial charge in [-0.1, -0.05) is 35.5 Å². The van der Waals surface area contributed by atoms with Gasteiger partial charge in [-0.05, 0) is 51.0 Å². The van der Waals surface area contributed by atoms with Crippen molar-refractivity contribution in [3.05, 3.63) is 55.6 Å². The van der Waals surface area contributed by atoms with E-state index in [0.29, 0.717) is 22.1 Å². The highest BCUT2D eigenvalue weighted by Crippen LogP contribution is 2.28. The predicted molar refractivity (Wildman–Crippen MR) is 118 cm³/mol. The van der Waals surface area contributed by atoms with Crippen LogP contribution in [-0.4, -0.2) is 21.2 Å². The van der Waals surface area contributed by atoms with E-state index in [9.17, 15) is 9.59 Å². The number of carbonyl (C=O) groups excluding carboxylic acids is 1. The summed E-state index contributed by atoms with van der Waals surface area (Å²) >= 11 is 8.72. The molecule has 0 saturated carbocycles. The minimum absolute atomic E-state index is 0.0354. The first-order chi connectivity index (χ1) is 13.3. The van der Waals surface area contributed by atoms with E-state index in [0.717, 1.165) is 20.8 Å². The van der Waals surface area contributed by atoms with E-state index in [1.165, 1.54) is 23.1 Å². The van der Waals surface area contributed by atoms with Crippen molar-refractivity contribution in [2.24, 2.45) is 0 Å². The molecule has 0 spiro atoms. The van der Waals surface area contributed by atoms with Gasteiger partial charge in [0.05, 0.1) is 17.2 Å². The van der Waals surface area contributed by atoms with Crippen LogP contribution in [0.15, 0.2) is 34.2 Å². The van der Waals surface area contributed by atoms with Crippen LogP contribution in [0.5, 0.6) is 0 Å². The van der Waals surface area contributed by atoms with Gasteiger partial charge < -0.3 is 5.32 Å². The number of fused-ring (bicyclic) bond motifs is 1. The lowest BCUT2D eigenvalue weighted by Gasteiger charge is -2.15. The molecule has 3 aromatic rings. The Morgan fingerprint density at radius 1 is 1.32 bits per heavy atom. The molecule has 5 nitrogen and oxygen atoms in total. The first-order valence-corrected chi connectivity index (χ1v) is 11.2. The van der Waals surface area contributed by atoms with Gasteiger partial charge in [0.2, 0.25) is 5.91 Å². The number of hydrogen-bond acceptors (Lipinski definition) is 5. The van der Waals surface area contributed by atoms with Crippen LogP contribution >= 0.6 is 34.7 Å². The molecule has 2 aromatic heterocycles. The van der Waals surface area contributed by atoms with E-state index in [1.54, 1.807) is 16.7 Å². The number of aryl methyl sites for hydroxylation is 2. The van der Waals surface area contributed by atoms with Gasteiger partial charge in [0.1, 0.15) is 4.83 Å². The molecule has 0 aliphatic rings. The van der Waals surface area contributed by atoms with Crippen LogP contribution in [0.3, 0.4) is 0 Å².